The number of hydrogen-bond donors (Lipinski definition) is 1. The summed E-state index contributed by atoms with van der Waals surface area (Å²) in [5.41, 5.74) is 0.993. The van der Waals surface area contributed by atoms with E-state index in [1.54, 1.807) is 37.3 Å². The van der Waals surface area contributed by atoms with Crippen molar-refractivity contribution in [2.24, 2.45) is 0 Å². The van der Waals surface area contributed by atoms with Crippen molar-refractivity contribution in [3.05, 3.63) is 53.6 Å². The highest BCUT2D eigenvalue weighted by Gasteiger charge is 2.15. The average Bonchev–Trinajstić information content (AvgIpc) is 2.62. The first kappa shape index (κ1) is 20.4. The zero-order valence-electron chi connectivity index (χ0n) is 15.6. The Morgan fingerprint density at radius 2 is 1.62 bits per heavy atom. The van der Waals surface area contributed by atoms with Crippen molar-refractivity contribution in [1.82, 2.24) is 0 Å². The Morgan fingerprint density at radius 1 is 0.923 bits per heavy atom. The van der Waals surface area contributed by atoms with Crippen LogP contribution in [0.15, 0.2) is 36.4 Å². The molecule has 1 unspecified atom stereocenters. The van der Waals surface area contributed by atoms with Gasteiger partial charge in [-0.3, -0.25) is 0 Å². The van der Waals surface area contributed by atoms with Crippen LogP contribution in [-0.4, -0.2) is 17.8 Å². The third-order valence-corrected chi connectivity index (χ3v) is 4.36. The van der Waals surface area contributed by atoms with Crippen molar-refractivity contribution >= 4 is 0 Å². The molecule has 0 aliphatic rings. The number of benzene rings is 2. The normalized spacial score (nSPS) is 12.2. The van der Waals surface area contributed by atoms with Crippen LogP contribution in [0.25, 0.3) is 11.1 Å². The van der Waals surface area contributed by atoms with Gasteiger partial charge in [0.1, 0.15) is 5.75 Å². The largest absolute Gasteiger partial charge is 0.494 e. The fraction of sp³-hybridized carbons (Fsp3) is 0.455. The van der Waals surface area contributed by atoms with Crippen LogP contribution < -0.4 is 4.74 Å². The Bertz CT molecular complexity index is 681. The summed E-state index contributed by atoms with van der Waals surface area (Å²) >= 11 is 0. The van der Waals surface area contributed by atoms with Crippen LogP contribution in [0, 0.1) is 11.6 Å². The Morgan fingerprint density at radius 3 is 2.27 bits per heavy atom. The molecule has 0 aromatic heterocycles. The highest BCUT2D eigenvalue weighted by atomic mass is 19.2. The van der Waals surface area contributed by atoms with Crippen molar-refractivity contribution in [1.29, 1.82) is 0 Å². The Kier molecular flexibility index (Phi) is 8.05. The fourth-order valence-electron chi connectivity index (χ4n) is 2.91. The molecule has 2 aromatic carbocycles. The van der Waals surface area contributed by atoms with Gasteiger partial charge in [0, 0.05) is 12.0 Å². The van der Waals surface area contributed by atoms with Gasteiger partial charge in [0.2, 0.25) is 0 Å². The van der Waals surface area contributed by atoms with Gasteiger partial charge >= 0.3 is 0 Å². The molecular weight excluding hydrogens is 334 g/mol. The predicted octanol–water partition coefficient (Wildman–Crippen LogP) is 5.90. The SMILES string of the molecule is CCCCCCCOc1ccc(-c2ccc(CC(C)O)c(F)c2F)cc1. The maximum Gasteiger partial charge on any atom is 0.166 e. The minimum atomic E-state index is -0.893. The molecule has 142 valence electrons. The summed E-state index contributed by atoms with van der Waals surface area (Å²) in [6, 6.07) is 10.1. The van der Waals surface area contributed by atoms with Crippen molar-refractivity contribution < 1.29 is 18.6 Å². The molecule has 1 N–H and O–H groups in total. The van der Waals surface area contributed by atoms with Crippen molar-refractivity contribution in [3.63, 3.8) is 0 Å². The van der Waals surface area contributed by atoms with Gasteiger partial charge in [0.05, 0.1) is 12.7 Å². The highest BCUT2D eigenvalue weighted by Crippen LogP contribution is 2.28. The lowest BCUT2D eigenvalue weighted by Gasteiger charge is -2.11. The van der Waals surface area contributed by atoms with E-state index in [0.717, 1.165) is 18.6 Å². The standard InChI is InChI=1S/C22H28F2O2/c1-3-4-5-6-7-14-26-19-11-8-17(9-12-19)20-13-10-18(15-16(2)25)21(23)22(20)24/h8-13,16,25H,3-7,14-15H2,1-2H3. The van der Waals surface area contributed by atoms with E-state index in [1.807, 2.05) is 0 Å². The number of ether oxygens (including phenoxy) is 1. The van der Waals surface area contributed by atoms with E-state index in [4.69, 9.17) is 4.74 Å². The zero-order chi connectivity index (χ0) is 18.9. The quantitative estimate of drug-likeness (QED) is 0.533. The van der Waals surface area contributed by atoms with Gasteiger partial charge in [-0.05, 0) is 36.6 Å². The van der Waals surface area contributed by atoms with Crippen LogP contribution in [0.2, 0.25) is 0 Å². The van der Waals surface area contributed by atoms with Crippen molar-refractivity contribution in [2.75, 3.05) is 6.61 Å². The smallest absolute Gasteiger partial charge is 0.166 e. The van der Waals surface area contributed by atoms with Crippen LogP contribution in [-0.2, 0) is 6.42 Å². The minimum Gasteiger partial charge on any atom is -0.494 e. The second-order valence-corrected chi connectivity index (χ2v) is 6.74. The van der Waals surface area contributed by atoms with E-state index in [1.165, 1.54) is 25.3 Å². The lowest BCUT2D eigenvalue weighted by atomic mass is 10.00. The molecular formula is C22H28F2O2. The number of hydrogen-bond acceptors (Lipinski definition) is 2. The number of aliphatic hydroxyl groups excluding tert-OH is 1. The third-order valence-electron chi connectivity index (χ3n) is 4.36. The fourth-order valence-corrected chi connectivity index (χ4v) is 2.91. The molecule has 2 aromatic rings. The number of unbranched alkanes of at least 4 members (excludes halogenated alkanes) is 4. The highest BCUT2D eigenvalue weighted by molar-refractivity contribution is 5.65. The second kappa shape index (κ2) is 10.3. The molecule has 2 rings (SSSR count). The molecule has 0 saturated carbocycles. The zero-order valence-corrected chi connectivity index (χ0v) is 15.6. The van der Waals surface area contributed by atoms with E-state index < -0.39 is 17.7 Å². The first-order chi connectivity index (χ1) is 12.5. The van der Waals surface area contributed by atoms with Crippen LogP contribution in [0.5, 0.6) is 5.75 Å². The molecule has 0 spiro atoms. The predicted molar refractivity (Wildman–Crippen MR) is 101 cm³/mol. The molecule has 0 saturated heterocycles. The van der Waals surface area contributed by atoms with E-state index in [-0.39, 0.29) is 17.5 Å². The van der Waals surface area contributed by atoms with Crippen molar-refractivity contribution in [3.8, 4) is 16.9 Å². The van der Waals surface area contributed by atoms with Gasteiger partial charge in [0.15, 0.2) is 11.6 Å². The van der Waals surface area contributed by atoms with E-state index in [0.29, 0.717) is 12.2 Å². The minimum absolute atomic E-state index is 0.0913. The van der Waals surface area contributed by atoms with Gasteiger partial charge < -0.3 is 9.84 Å². The van der Waals surface area contributed by atoms with Gasteiger partial charge in [-0.15, -0.1) is 0 Å². The summed E-state index contributed by atoms with van der Waals surface area (Å²) in [5.74, 6) is -1.04. The van der Waals surface area contributed by atoms with Gasteiger partial charge in [-0.1, -0.05) is 56.9 Å². The third kappa shape index (κ3) is 5.80. The summed E-state index contributed by atoms with van der Waals surface area (Å²) in [6.45, 7) is 4.40. The second-order valence-electron chi connectivity index (χ2n) is 6.74. The van der Waals surface area contributed by atoms with Crippen LogP contribution in [0.3, 0.4) is 0 Å². The number of halogens is 2. The summed E-state index contributed by atoms with van der Waals surface area (Å²) in [6.07, 6.45) is 5.27. The average molecular weight is 362 g/mol. The first-order valence-corrected chi connectivity index (χ1v) is 9.41. The molecule has 0 heterocycles. The first-order valence-electron chi connectivity index (χ1n) is 9.41. The summed E-state index contributed by atoms with van der Waals surface area (Å²) in [5, 5.41) is 9.37. The van der Waals surface area contributed by atoms with Gasteiger partial charge in [0.25, 0.3) is 0 Å². The number of rotatable bonds is 10. The molecule has 0 fully saturated rings. The Balaban J connectivity index is 1.98. The molecule has 0 aliphatic carbocycles. The molecule has 0 radical (unpaired) electrons. The van der Waals surface area contributed by atoms with Crippen molar-refractivity contribution in [2.45, 2.75) is 58.5 Å². The maximum atomic E-state index is 14.4. The Hall–Kier alpha value is -1.94. The maximum absolute atomic E-state index is 14.4. The van der Waals surface area contributed by atoms with E-state index in [2.05, 4.69) is 6.92 Å². The molecule has 0 amide bonds. The van der Waals surface area contributed by atoms with Crippen LogP contribution in [0.1, 0.15) is 51.5 Å². The summed E-state index contributed by atoms with van der Waals surface area (Å²) in [4.78, 5) is 0. The summed E-state index contributed by atoms with van der Waals surface area (Å²) in [7, 11) is 0. The Labute approximate surface area is 154 Å². The number of aliphatic hydroxyl groups is 1. The molecule has 1 atom stereocenters. The molecule has 0 aliphatic heterocycles. The van der Waals surface area contributed by atoms with Gasteiger partial charge in [-0.25, -0.2) is 8.78 Å². The van der Waals surface area contributed by atoms with Gasteiger partial charge in [-0.2, -0.15) is 0 Å². The topological polar surface area (TPSA) is 29.5 Å². The molecule has 26 heavy (non-hydrogen) atoms. The van der Waals surface area contributed by atoms with Crippen LogP contribution in [0.4, 0.5) is 8.78 Å². The van der Waals surface area contributed by atoms with Crippen LogP contribution >= 0.6 is 0 Å². The summed E-state index contributed by atoms with van der Waals surface area (Å²) < 4.78 is 34.2. The molecule has 4 heteroatoms. The molecule has 2 nitrogen and oxygen atoms in total. The van der Waals surface area contributed by atoms with E-state index >= 15 is 0 Å². The monoisotopic (exact) mass is 362 g/mol. The van der Waals surface area contributed by atoms with E-state index in [9.17, 15) is 13.9 Å². The lowest BCUT2D eigenvalue weighted by molar-refractivity contribution is 0.194. The lowest BCUT2D eigenvalue weighted by Crippen LogP contribution is -2.07. The molecule has 0 bridgehead atoms.